The van der Waals surface area contributed by atoms with Gasteiger partial charge in [0.05, 0.1) is 0 Å². The number of nitrogens with one attached hydrogen (secondary N) is 1. The first-order valence-electron chi connectivity index (χ1n) is 8.33. The summed E-state index contributed by atoms with van der Waals surface area (Å²) in [5.41, 5.74) is 7.55. The van der Waals surface area contributed by atoms with Crippen LogP contribution < -0.4 is 5.43 Å². The molecule has 0 atom stereocenters. The molecule has 4 nitrogen and oxygen atoms in total. The van der Waals surface area contributed by atoms with Gasteiger partial charge >= 0.3 is 0 Å². The lowest BCUT2D eigenvalue weighted by atomic mass is 10.1. The monoisotopic (exact) mass is 313 g/mol. The zero-order valence-electron chi connectivity index (χ0n) is 14.6. The summed E-state index contributed by atoms with van der Waals surface area (Å²) in [7, 11) is 0. The molecule has 124 valence electrons. The number of rotatable bonds is 4. The molecule has 1 saturated heterocycles. The van der Waals surface area contributed by atoms with Gasteiger partial charge in [0.2, 0.25) is 0 Å². The highest BCUT2D eigenvalue weighted by atomic mass is 16.2. The van der Waals surface area contributed by atoms with Crippen molar-refractivity contribution in [3.63, 3.8) is 0 Å². The number of hydrazine groups is 1. The van der Waals surface area contributed by atoms with Gasteiger partial charge in [-0.25, -0.2) is 10.0 Å². The first kappa shape index (κ1) is 17.4. The molecular weight excluding hydrogens is 286 g/mol. The van der Waals surface area contributed by atoms with Crippen LogP contribution in [0.2, 0.25) is 0 Å². The predicted molar refractivity (Wildman–Crippen MR) is 95.3 cm³/mol. The fourth-order valence-electron chi connectivity index (χ4n) is 2.80. The number of benzene rings is 1. The maximum Gasteiger partial charge on any atom is 0.284 e. The Labute approximate surface area is 139 Å². The van der Waals surface area contributed by atoms with Gasteiger partial charge in [-0.1, -0.05) is 30.7 Å². The van der Waals surface area contributed by atoms with Crippen molar-refractivity contribution in [2.75, 3.05) is 13.1 Å². The average molecular weight is 313 g/mol. The average Bonchev–Trinajstić information content (AvgIpc) is 2.53. The van der Waals surface area contributed by atoms with E-state index in [1.807, 2.05) is 44.0 Å². The second-order valence-corrected chi connectivity index (χ2v) is 6.35. The molecule has 0 aromatic heterocycles. The molecule has 23 heavy (non-hydrogen) atoms. The summed E-state index contributed by atoms with van der Waals surface area (Å²) in [5, 5.41) is 2.01. The molecule has 4 heteroatoms. The maximum atomic E-state index is 12.6. The van der Waals surface area contributed by atoms with Gasteiger partial charge in [0.25, 0.3) is 5.91 Å². The van der Waals surface area contributed by atoms with E-state index in [2.05, 4.69) is 23.4 Å². The largest absolute Gasteiger partial charge is 0.284 e. The van der Waals surface area contributed by atoms with Gasteiger partial charge in [0.15, 0.2) is 0 Å². The standard InChI is InChI=1S/C19H27N3O/c1-14(2)18(19(23)21-22-12-8-5-9-13-22)20-16(4)17-11-7-6-10-15(17)3/h6-7,10-11H,5,8-9,12-13H2,1-4H3,(H,21,23). The fraction of sp³-hybridized carbons (Fsp3) is 0.474. The van der Waals surface area contributed by atoms with Crippen molar-refractivity contribution in [1.29, 1.82) is 0 Å². The van der Waals surface area contributed by atoms with Crippen molar-refractivity contribution < 1.29 is 4.79 Å². The van der Waals surface area contributed by atoms with E-state index in [-0.39, 0.29) is 5.91 Å². The van der Waals surface area contributed by atoms with Gasteiger partial charge < -0.3 is 0 Å². The number of hydrogen-bond donors (Lipinski definition) is 1. The summed E-state index contributed by atoms with van der Waals surface area (Å²) in [6, 6.07) is 8.11. The number of aliphatic imine (C=N–C) groups is 1. The van der Waals surface area contributed by atoms with Crippen LogP contribution in [-0.2, 0) is 4.79 Å². The van der Waals surface area contributed by atoms with E-state index in [0.717, 1.165) is 42.8 Å². The van der Waals surface area contributed by atoms with Crippen molar-refractivity contribution in [2.45, 2.75) is 47.0 Å². The van der Waals surface area contributed by atoms with E-state index in [9.17, 15) is 4.79 Å². The molecule has 1 aliphatic rings. The number of nitrogens with zero attached hydrogens (tertiary/aromatic N) is 2. The zero-order valence-corrected chi connectivity index (χ0v) is 14.6. The Bertz CT molecular complexity index is 621. The van der Waals surface area contributed by atoms with E-state index in [1.165, 1.54) is 12.0 Å². The smallest absolute Gasteiger partial charge is 0.283 e. The van der Waals surface area contributed by atoms with Crippen molar-refractivity contribution in [3.8, 4) is 0 Å². The van der Waals surface area contributed by atoms with Gasteiger partial charge in [-0.2, -0.15) is 0 Å². The molecule has 1 heterocycles. The third-order valence-electron chi connectivity index (χ3n) is 4.12. The number of carbonyl (C=O) groups excluding carboxylic acids is 1. The summed E-state index contributed by atoms with van der Waals surface area (Å²) in [4.78, 5) is 17.2. The van der Waals surface area contributed by atoms with Crippen LogP contribution in [-0.4, -0.2) is 29.7 Å². The molecule has 0 unspecified atom stereocenters. The molecule has 1 aliphatic heterocycles. The molecule has 1 aromatic rings. The predicted octanol–water partition coefficient (Wildman–Crippen LogP) is 3.62. The number of aryl methyl sites for hydroxylation is 1. The third kappa shape index (κ3) is 4.76. The molecule has 1 fully saturated rings. The van der Waals surface area contributed by atoms with Crippen molar-refractivity contribution in [2.24, 2.45) is 4.99 Å². The topological polar surface area (TPSA) is 44.7 Å². The Morgan fingerprint density at radius 1 is 1.09 bits per heavy atom. The first-order chi connectivity index (χ1) is 11.0. The van der Waals surface area contributed by atoms with Crippen molar-refractivity contribution >= 4 is 11.6 Å². The first-order valence-corrected chi connectivity index (χ1v) is 8.33. The Morgan fingerprint density at radius 3 is 2.35 bits per heavy atom. The van der Waals surface area contributed by atoms with Crippen LogP contribution in [0.4, 0.5) is 0 Å². The van der Waals surface area contributed by atoms with Crippen LogP contribution in [0.15, 0.2) is 40.5 Å². The molecule has 0 spiro atoms. The Kier molecular flexibility index (Phi) is 6.11. The second-order valence-electron chi connectivity index (χ2n) is 6.35. The summed E-state index contributed by atoms with van der Waals surface area (Å²) in [6.07, 6.45) is 3.51. The normalized spacial score (nSPS) is 16.1. The third-order valence-corrected chi connectivity index (χ3v) is 4.12. The van der Waals surface area contributed by atoms with Crippen LogP contribution in [0.5, 0.6) is 0 Å². The van der Waals surface area contributed by atoms with Crippen LogP contribution in [0.1, 0.15) is 51.2 Å². The van der Waals surface area contributed by atoms with Crippen LogP contribution >= 0.6 is 0 Å². The second kappa shape index (κ2) is 8.06. The number of amides is 1. The SMILES string of the molecule is CC(=NC(C(=O)NN1CCCCC1)=C(C)C)c1ccccc1C. The quantitative estimate of drug-likeness (QED) is 0.681. The number of carbonyl (C=O) groups is 1. The van der Waals surface area contributed by atoms with Crippen molar-refractivity contribution in [1.82, 2.24) is 10.4 Å². The van der Waals surface area contributed by atoms with Gasteiger partial charge in [-0.15, -0.1) is 0 Å². The highest BCUT2D eigenvalue weighted by molar-refractivity contribution is 6.04. The molecule has 0 saturated carbocycles. The Morgan fingerprint density at radius 2 is 1.74 bits per heavy atom. The molecular formula is C19H27N3O. The molecule has 1 amide bonds. The lowest BCUT2D eigenvalue weighted by molar-refractivity contribution is -0.122. The number of allylic oxidation sites excluding steroid dienone is 1. The van der Waals surface area contributed by atoms with E-state index < -0.39 is 0 Å². The van der Waals surface area contributed by atoms with Gasteiger partial charge in [-0.3, -0.25) is 10.2 Å². The summed E-state index contributed by atoms with van der Waals surface area (Å²) >= 11 is 0. The van der Waals surface area contributed by atoms with E-state index >= 15 is 0 Å². The molecule has 0 radical (unpaired) electrons. The van der Waals surface area contributed by atoms with Crippen LogP contribution in [0.3, 0.4) is 0 Å². The van der Waals surface area contributed by atoms with Gasteiger partial charge in [0, 0.05) is 18.8 Å². The van der Waals surface area contributed by atoms with E-state index in [4.69, 9.17) is 0 Å². The summed E-state index contributed by atoms with van der Waals surface area (Å²) in [6.45, 7) is 9.72. The van der Waals surface area contributed by atoms with Crippen LogP contribution in [0, 0.1) is 6.92 Å². The summed E-state index contributed by atoms with van der Waals surface area (Å²) in [5.74, 6) is -0.111. The van der Waals surface area contributed by atoms with Crippen LogP contribution in [0.25, 0.3) is 0 Å². The Hall–Kier alpha value is -1.94. The highest BCUT2D eigenvalue weighted by Gasteiger charge is 2.17. The molecule has 1 N–H and O–H groups in total. The zero-order chi connectivity index (χ0) is 16.8. The van der Waals surface area contributed by atoms with Gasteiger partial charge in [0.1, 0.15) is 5.70 Å². The van der Waals surface area contributed by atoms with Crippen molar-refractivity contribution in [3.05, 3.63) is 46.7 Å². The van der Waals surface area contributed by atoms with E-state index in [0.29, 0.717) is 5.70 Å². The fourth-order valence-corrected chi connectivity index (χ4v) is 2.80. The highest BCUT2D eigenvalue weighted by Crippen LogP contribution is 2.14. The Balaban J connectivity index is 2.18. The summed E-state index contributed by atoms with van der Waals surface area (Å²) < 4.78 is 0. The number of hydrogen-bond acceptors (Lipinski definition) is 3. The lowest BCUT2D eigenvalue weighted by Crippen LogP contribution is -2.45. The molecule has 0 bridgehead atoms. The molecule has 2 rings (SSSR count). The molecule has 1 aromatic carbocycles. The van der Waals surface area contributed by atoms with Gasteiger partial charge in [-0.05, 0) is 57.2 Å². The maximum absolute atomic E-state index is 12.6. The minimum Gasteiger partial charge on any atom is -0.283 e. The minimum atomic E-state index is -0.111. The number of piperidine rings is 1. The molecule has 0 aliphatic carbocycles. The lowest BCUT2D eigenvalue weighted by Gasteiger charge is -2.27. The minimum absolute atomic E-state index is 0.111. The van der Waals surface area contributed by atoms with E-state index in [1.54, 1.807) is 0 Å².